The van der Waals surface area contributed by atoms with Gasteiger partial charge in [0.1, 0.15) is 0 Å². The Bertz CT molecular complexity index is 2430. The Labute approximate surface area is 427 Å². The van der Waals surface area contributed by atoms with Crippen LogP contribution in [0.25, 0.3) is 11.3 Å². The monoisotopic (exact) mass is 986 g/mol. The van der Waals surface area contributed by atoms with Crippen LogP contribution in [0.5, 0.6) is 0 Å². The van der Waals surface area contributed by atoms with Gasteiger partial charge < -0.3 is 44.9 Å². The van der Waals surface area contributed by atoms with Gasteiger partial charge in [0.25, 0.3) is 17.7 Å². The first-order valence-electron chi connectivity index (χ1n) is 26.5. The van der Waals surface area contributed by atoms with E-state index < -0.39 is 0 Å². The van der Waals surface area contributed by atoms with E-state index in [-0.39, 0.29) is 35.6 Å². The molecule has 14 nitrogen and oxygen atoms in total. The predicted octanol–water partition coefficient (Wildman–Crippen LogP) is 8.53. The normalized spacial score (nSPS) is 20.3. The van der Waals surface area contributed by atoms with E-state index in [9.17, 15) is 19.2 Å². The second-order valence-corrected chi connectivity index (χ2v) is 20.3. The number of anilines is 2. The van der Waals surface area contributed by atoms with Gasteiger partial charge in [0.2, 0.25) is 5.91 Å². The fourth-order valence-corrected chi connectivity index (χ4v) is 11.1. The molecule has 3 aromatic carbocycles. The van der Waals surface area contributed by atoms with Crippen LogP contribution in [-0.2, 0) is 25.4 Å². The summed E-state index contributed by atoms with van der Waals surface area (Å²) in [6.07, 6.45) is 9.26. The van der Waals surface area contributed by atoms with Crippen molar-refractivity contribution in [3.8, 4) is 11.3 Å². The largest absolute Gasteiger partial charge is 0.378 e. The van der Waals surface area contributed by atoms with Crippen LogP contribution in [0.1, 0.15) is 114 Å². The lowest BCUT2D eigenvalue weighted by molar-refractivity contribution is -0.129. The van der Waals surface area contributed by atoms with Crippen molar-refractivity contribution in [3.05, 3.63) is 113 Å². The summed E-state index contributed by atoms with van der Waals surface area (Å²) in [6.45, 7) is 15.6. The molecule has 4 aromatic rings. The van der Waals surface area contributed by atoms with Gasteiger partial charge in [-0.15, -0.1) is 0 Å². The van der Waals surface area contributed by atoms with E-state index >= 15 is 0 Å². The molecule has 2 bridgehead atoms. The van der Waals surface area contributed by atoms with Gasteiger partial charge in [-0.05, 0) is 149 Å². The van der Waals surface area contributed by atoms with Gasteiger partial charge in [-0.1, -0.05) is 44.2 Å². The zero-order chi connectivity index (χ0) is 51.0. The topological polar surface area (TPSA) is 155 Å². The van der Waals surface area contributed by atoms with Crippen molar-refractivity contribution in [1.82, 2.24) is 25.4 Å². The fourth-order valence-electron chi connectivity index (χ4n) is 11.1. The molecule has 8 rings (SSSR count). The van der Waals surface area contributed by atoms with E-state index in [1.54, 1.807) is 54.5 Å². The number of fused-ring (bicyclic) bond motifs is 5. The molecule has 388 valence electrons. The molecule has 4 amide bonds. The zero-order valence-electron chi connectivity index (χ0n) is 43.6. The molecule has 3 saturated carbocycles. The van der Waals surface area contributed by atoms with Crippen LogP contribution in [-0.4, -0.2) is 131 Å². The molecule has 6 atom stereocenters. The van der Waals surface area contributed by atoms with Crippen molar-refractivity contribution in [3.63, 3.8) is 0 Å². The number of likely N-dealkylation sites (N-methyl/N-ethyl adjacent to an activating group) is 2. The smallest absolute Gasteiger partial charge is 0.255 e. The van der Waals surface area contributed by atoms with Gasteiger partial charge in [0, 0.05) is 86.4 Å². The van der Waals surface area contributed by atoms with E-state index in [4.69, 9.17) is 19.2 Å². The summed E-state index contributed by atoms with van der Waals surface area (Å²) in [5.74, 6) is 2.14. The minimum atomic E-state index is -0.370. The Balaban J connectivity index is 0.822. The second kappa shape index (κ2) is 26.9. The van der Waals surface area contributed by atoms with Gasteiger partial charge >= 0.3 is 0 Å². The summed E-state index contributed by atoms with van der Waals surface area (Å²) in [6, 6.07) is 24.3. The van der Waals surface area contributed by atoms with E-state index in [1.807, 2.05) is 37.4 Å². The van der Waals surface area contributed by atoms with Crippen LogP contribution in [0.4, 0.5) is 11.4 Å². The van der Waals surface area contributed by atoms with Crippen LogP contribution < -0.4 is 20.9 Å². The number of benzene rings is 3. The van der Waals surface area contributed by atoms with Crippen molar-refractivity contribution in [2.75, 3.05) is 103 Å². The van der Waals surface area contributed by atoms with Crippen LogP contribution in [0.2, 0.25) is 0 Å². The molecule has 0 saturated heterocycles. The predicted molar refractivity (Wildman–Crippen MR) is 284 cm³/mol. The van der Waals surface area contributed by atoms with Crippen LogP contribution in [0, 0.1) is 29.6 Å². The highest BCUT2D eigenvalue weighted by Crippen LogP contribution is 2.48. The number of aryl methyl sites for hydroxylation is 1. The van der Waals surface area contributed by atoms with Gasteiger partial charge in [0.05, 0.1) is 57.1 Å². The van der Waals surface area contributed by atoms with Crippen LogP contribution >= 0.6 is 0 Å². The summed E-state index contributed by atoms with van der Waals surface area (Å²) < 4.78 is 17.2. The first-order valence-corrected chi connectivity index (χ1v) is 26.5. The van der Waals surface area contributed by atoms with E-state index in [1.165, 1.54) is 24.8 Å². The third-order valence-corrected chi connectivity index (χ3v) is 15.1. The van der Waals surface area contributed by atoms with Crippen molar-refractivity contribution < 1.29 is 33.4 Å². The van der Waals surface area contributed by atoms with Crippen molar-refractivity contribution in [1.29, 1.82) is 0 Å². The zero-order valence-corrected chi connectivity index (χ0v) is 43.6. The lowest BCUT2D eigenvalue weighted by atomic mass is 9.69. The summed E-state index contributed by atoms with van der Waals surface area (Å²) >= 11 is 0. The molecule has 0 radical (unpaired) electrons. The van der Waals surface area contributed by atoms with Gasteiger partial charge in [-0.3, -0.25) is 24.2 Å². The standard InChI is InChI=1S/C58H79N7O7/c1-7-65(8-2)47-19-20-53(51(39-47)54-38-45(21-22-59-54)56(67)61-52-18-12-14-43-13-9-10-17-48(43)52)62-55(66)44-15-11-16-46(37-44)58(69)64(6)25-24-63(5)26-28-71-30-32-72-31-29-70-27-23-60-57(68)50-36-42-33-40(3)34-49(50)41(4)35-42/h9-11,13,15-17,19-22,37-42,49-50,52H,7-8,12,14,18,23-36H2,1-6H3,(H,60,68)(H,61,67)(H,62,66)/t40?,41?,42?,49?,50?,52-/m0/s1. The molecule has 0 spiro atoms. The quantitative estimate of drug-likeness (QED) is 0.0551. The average Bonchev–Trinajstić information content (AvgIpc) is 3.65. The first kappa shape index (κ1) is 54.1. The average molecular weight is 986 g/mol. The molecule has 3 N–H and O–H groups in total. The Hall–Kier alpha value is -5.67. The summed E-state index contributed by atoms with van der Waals surface area (Å²) in [5, 5.41) is 9.47. The Morgan fingerprint density at radius 2 is 1.46 bits per heavy atom. The molecular weight excluding hydrogens is 907 g/mol. The minimum absolute atomic E-state index is 0.0671. The Kier molecular flexibility index (Phi) is 20.2. The highest BCUT2D eigenvalue weighted by molar-refractivity contribution is 6.08. The third kappa shape index (κ3) is 14.7. The maximum atomic E-state index is 14.0. The number of rotatable bonds is 25. The Morgan fingerprint density at radius 1 is 0.722 bits per heavy atom. The molecule has 3 fully saturated rings. The molecule has 4 aliphatic rings. The number of pyridine rings is 1. The van der Waals surface area contributed by atoms with Gasteiger partial charge in [-0.25, -0.2) is 0 Å². The summed E-state index contributed by atoms with van der Waals surface area (Å²) in [7, 11) is 3.75. The third-order valence-electron chi connectivity index (χ3n) is 15.1. The second-order valence-electron chi connectivity index (χ2n) is 20.3. The number of aromatic nitrogens is 1. The number of hydrogen-bond donors (Lipinski definition) is 3. The van der Waals surface area contributed by atoms with Crippen LogP contribution in [0.3, 0.4) is 0 Å². The summed E-state index contributed by atoms with van der Waals surface area (Å²) in [5.41, 5.74) is 6.41. The highest BCUT2D eigenvalue weighted by Gasteiger charge is 2.43. The number of amides is 4. The molecule has 0 aliphatic heterocycles. The SMILES string of the molecule is CCN(CC)c1ccc(NC(=O)c2cccc(C(=O)N(C)CCN(C)CCOCCOCCOCCNC(=O)C3CC4CC(C)CC3C(C)C4)c2)c(-c2cc(C(=O)N[C@H]3CCCc4ccccc43)ccn2)c1. The number of carbonyl (C=O) groups is 4. The molecule has 5 unspecified atom stereocenters. The van der Waals surface area contributed by atoms with Crippen molar-refractivity contribution in [2.45, 2.75) is 78.7 Å². The van der Waals surface area contributed by atoms with Crippen molar-refractivity contribution in [2.24, 2.45) is 29.6 Å². The number of hydrogen-bond acceptors (Lipinski definition) is 10. The number of ether oxygens (including phenoxy) is 3. The minimum Gasteiger partial charge on any atom is -0.378 e. The molecular formula is C58H79N7O7. The maximum Gasteiger partial charge on any atom is 0.255 e. The highest BCUT2D eigenvalue weighted by atomic mass is 16.5. The van der Waals surface area contributed by atoms with E-state index in [0.717, 1.165) is 50.0 Å². The van der Waals surface area contributed by atoms with Gasteiger partial charge in [-0.2, -0.15) is 0 Å². The molecule has 1 aromatic heterocycles. The number of nitrogens with one attached hydrogen (secondary N) is 3. The van der Waals surface area contributed by atoms with Gasteiger partial charge in [0.15, 0.2) is 0 Å². The Morgan fingerprint density at radius 3 is 2.25 bits per heavy atom. The molecule has 14 heteroatoms. The lowest BCUT2D eigenvalue weighted by Crippen LogP contribution is -2.41. The maximum absolute atomic E-state index is 14.0. The van der Waals surface area contributed by atoms with Crippen molar-refractivity contribution >= 4 is 35.0 Å². The van der Waals surface area contributed by atoms with Crippen LogP contribution in [0.15, 0.2) is 85.1 Å². The fraction of sp³-hybridized carbons (Fsp3) is 0.534. The first-order chi connectivity index (χ1) is 34.9. The summed E-state index contributed by atoms with van der Waals surface area (Å²) in [4.78, 5) is 65.0. The molecule has 4 aliphatic carbocycles. The molecule has 1 heterocycles. The lowest BCUT2D eigenvalue weighted by Gasteiger charge is -2.36. The van der Waals surface area contributed by atoms with E-state index in [0.29, 0.717) is 123 Å². The molecule has 72 heavy (non-hydrogen) atoms. The number of nitrogens with zero attached hydrogens (tertiary/aromatic N) is 4. The van der Waals surface area contributed by atoms with E-state index in [2.05, 4.69) is 65.6 Å². The number of carbonyl (C=O) groups excluding carboxylic acids is 4.